The Morgan fingerprint density at radius 2 is 2.21 bits per heavy atom. The Morgan fingerprint density at radius 3 is 2.71 bits per heavy atom. The van der Waals surface area contributed by atoms with E-state index in [9.17, 15) is 4.79 Å². The van der Waals surface area contributed by atoms with E-state index >= 15 is 0 Å². The van der Waals surface area contributed by atoms with E-state index in [0.717, 1.165) is 30.3 Å². The van der Waals surface area contributed by atoms with Gasteiger partial charge in [0.25, 0.3) is 0 Å². The van der Waals surface area contributed by atoms with Crippen molar-refractivity contribution in [2.45, 2.75) is 49.4 Å². The topological polar surface area (TPSA) is 55.1 Å². The van der Waals surface area contributed by atoms with Gasteiger partial charge in [0.2, 0.25) is 5.91 Å². The lowest BCUT2D eigenvalue weighted by molar-refractivity contribution is -0.123. The van der Waals surface area contributed by atoms with Crippen molar-refractivity contribution < 1.29 is 4.79 Å². The third kappa shape index (κ3) is 2.23. The van der Waals surface area contributed by atoms with Gasteiger partial charge in [-0.25, -0.2) is 0 Å². The van der Waals surface area contributed by atoms with Crippen LogP contribution < -0.4 is 11.1 Å². The van der Waals surface area contributed by atoms with Gasteiger partial charge in [-0.05, 0) is 25.7 Å². The van der Waals surface area contributed by atoms with Gasteiger partial charge in [0.1, 0.15) is 0 Å². The molecule has 2 fully saturated rings. The quantitative estimate of drug-likeness (QED) is 0.717. The molecule has 1 heterocycles. The molecule has 14 heavy (non-hydrogen) atoms. The summed E-state index contributed by atoms with van der Waals surface area (Å²) in [4.78, 5) is 11.6. The maximum Gasteiger partial charge on any atom is 0.240 e. The summed E-state index contributed by atoms with van der Waals surface area (Å²) in [5, 5.41) is 3.80. The summed E-state index contributed by atoms with van der Waals surface area (Å²) in [6.07, 6.45) is 4.02. The van der Waals surface area contributed by atoms with Crippen molar-refractivity contribution >= 4 is 17.7 Å². The van der Waals surface area contributed by atoms with Crippen LogP contribution >= 0.6 is 11.8 Å². The van der Waals surface area contributed by atoms with Gasteiger partial charge < -0.3 is 11.1 Å². The third-order valence-corrected chi connectivity index (χ3v) is 4.48. The first-order valence-corrected chi connectivity index (χ1v) is 6.36. The molecule has 1 amide bonds. The van der Waals surface area contributed by atoms with Crippen LogP contribution in [0.2, 0.25) is 0 Å². The highest BCUT2D eigenvalue weighted by atomic mass is 32.2. The monoisotopic (exact) mass is 214 g/mol. The molecular weight excluding hydrogens is 196 g/mol. The molecule has 0 aromatic carbocycles. The SMILES string of the molecule is CC1CCC(NC(=O)C2(N)CC2)CS1. The fourth-order valence-corrected chi connectivity index (χ4v) is 2.80. The van der Waals surface area contributed by atoms with Crippen molar-refractivity contribution in [2.24, 2.45) is 5.73 Å². The van der Waals surface area contributed by atoms with Gasteiger partial charge >= 0.3 is 0 Å². The zero-order valence-corrected chi connectivity index (χ0v) is 9.40. The summed E-state index contributed by atoms with van der Waals surface area (Å²) in [5.41, 5.74) is 5.31. The van der Waals surface area contributed by atoms with Crippen LogP contribution in [0.25, 0.3) is 0 Å². The number of nitrogens with two attached hydrogens (primary N) is 1. The second-order valence-corrected chi connectivity index (χ2v) is 6.02. The lowest BCUT2D eigenvalue weighted by Gasteiger charge is -2.27. The first-order valence-electron chi connectivity index (χ1n) is 5.32. The first-order chi connectivity index (χ1) is 6.60. The van der Waals surface area contributed by atoms with Crippen molar-refractivity contribution in [1.29, 1.82) is 0 Å². The summed E-state index contributed by atoms with van der Waals surface area (Å²) in [5.74, 6) is 1.11. The van der Waals surface area contributed by atoms with Crippen LogP contribution in [-0.4, -0.2) is 28.5 Å². The molecule has 2 atom stereocenters. The largest absolute Gasteiger partial charge is 0.351 e. The van der Waals surface area contributed by atoms with Crippen LogP contribution in [0.15, 0.2) is 0 Å². The fraction of sp³-hybridized carbons (Fsp3) is 0.900. The molecule has 0 aromatic rings. The smallest absolute Gasteiger partial charge is 0.240 e. The number of hydrogen-bond donors (Lipinski definition) is 2. The van der Waals surface area contributed by atoms with E-state index in [1.54, 1.807) is 0 Å². The second kappa shape index (κ2) is 3.74. The molecular formula is C10H18N2OS. The Balaban J connectivity index is 1.78. The maximum atomic E-state index is 11.6. The standard InChI is InChI=1S/C10H18N2OS/c1-7-2-3-8(6-14-7)12-9(13)10(11)4-5-10/h7-8H,2-6,11H2,1H3,(H,12,13). The zero-order valence-electron chi connectivity index (χ0n) is 8.58. The molecule has 2 rings (SSSR count). The summed E-state index contributed by atoms with van der Waals surface area (Å²) in [6, 6.07) is 0.352. The molecule has 3 N–H and O–H groups in total. The summed E-state index contributed by atoms with van der Waals surface area (Å²) in [7, 11) is 0. The van der Waals surface area contributed by atoms with Crippen LogP contribution in [0.5, 0.6) is 0 Å². The van der Waals surface area contributed by atoms with Gasteiger partial charge in [0.05, 0.1) is 5.54 Å². The fourth-order valence-electron chi connectivity index (χ4n) is 1.69. The summed E-state index contributed by atoms with van der Waals surface area (Å²) in [6.45, 7) is 2.24. The van der Waals surface area contributed by atoms with Gasteiger partial charge in [-0.2, -0.15) is 11.8 Å². The minimum absolute atomic E-state index is 0.0673. The number of carbonyl (C=O) groups excluding carboxylic acids is 1. The second-order valence-electron chi connectivity index (χ2n) is 4.55. The predicted octanol–water partition coefficient (Wildman–Crippen LogP) is 0.878. The minimum atomic E-state index is -0.506. The number of rotatable bonds is 2. The van der Waals surface area contributed by atoms with Crippen LogP contribution in [0, 0.1) is 0 Å². The van der Waals surface area contributed by atoms with Crippen molar-refractivity contribution in [2.75, 3.05) is 5.75 Å². The minimum Gasteiger partial charge on any atom is -0.351 e. The summed E-state index contributed by atoms with van der Waals surface area (Å²) < 4.78 is 0. The van der Waals surface area contributed by atoms with Crippen LogP contribution in [0.3, 0.4) is 0 Å². The highest BCUT2D eigenvalue weighted by Crippen LogP contribution is 2.33. The summed E-state index contributed by atoms with van der Waals surface area (Å²) >= 11 is 1.94. The van der Waals surface area contributed by atoms with E-state index in [2.05, 4.69) is 12.2 Å². The molecule has 1 saturated heterocycles. The first kappa shape index (κ1) is 10.3. The molecule has 0 bridgehead atoms. The average molecular weight is 214 g/mol. The average Bonchev–Trinajstić information content (AvgIpc) is 2.89. The third-order valence-electron chi connectivity index (χ3n) is 3.08. The molecule has 80 valence electrons. The molecule has 1 aliphatic heterocycles. The van der Waals surface area contributed by atoms with Gasteiger partial charge in [0.15, 0.2) is 0 Å². The van der Waals surface area contributed by atoms with Crippen molar-refractivity contribution in [1.82, 2.24) is 5.32 Å². The van der Waals surface area contributed by atoms with Gasteiger partial charge in [-0.15, -0.1) is 0 Å². The van der Waals surface area contributed by atoms with Gasteiger partial charge in [0, 0.05) is 17.0 Å². The Bertz CT molecular complexity index is 232. The van der Waals surface area contributed by atoms with E-state index in [4.69, 9.17) is 5.73 Å². The van der Waals surface area contributed by atoms with Crippen molar-refractivity contribution in [3.63, 3.8) is 0 Å². The number of nitrogens with one attached hydrogen (secondary N) is 1. The highest BCUT2D eigenvalue weighted by Gasteiger charge is 2.46. The van der Waals surface area contributed by atoms with Crippen molar-refractivity contribution in [3.8, 4) is 0 Å². The van der Waals surface area contributed by atoms with E-state index in [0.29, 0.717) is 6.04 Å². The van der Waals surface area contributed by atoms with E-state index < -0.39 is 5.54 Å². The van der Waals surface area contributed by atoms with Crippen LogP contribution in [0.4, 0.5) is 0 Å². The zero-order chi connectivity index (χ0) is 10.2. The molecule has 1 aliphatic carbocycles. The molecule has 0 spiro atoms. The Hall–Kier alpha value is -0.220. The van der Waals surface area contributed by atoms with Crippen LogP contribution in [-0.2, 0) is 4.79 Å². The Kier molecular flexibility index (Phi) is 2.75. The molecule has 0 aromatic heterocycles. The molecule has 4 heteroatoms. The lowest BCUT2D eigenvalue weighted by Crippen LogP contribution is -2.49. The Labute approximate surface area is 89.2 Å². The van der Waals surface area contributed by atoms with Gasteiger partial charge in [-0.3, -0.25) is 4.79 Å². The predicted molar refractivity (Wildman–Crippen MR) is 59.2 cm³/mol. The van der Waals surface area contributed by atoms with Gasteiger partial charge in [-0.1, -0.05) is 6.92 Å². The number of thioether (sulfide) groups is 1. The van der Waals surface area contributed by atoms with Crippen molar-refractivity contribution in [3.05, 3.63) is 0 Å². The molecule has 1 saturated carbocycles. The van der Waals surface area contributed by atoms with Crippen LogP contribution in [0.1, 0.15) is 32.6 Å². The Morgan fingerprint density at radius 1 is 1.50 bits per heavy atom. The maximum absolute atomic E-state index is 11.6. The number of amides is 1. The molecule has 2 aliphatic rings. The molecule has 0 radical (unpaired) electrons. The van der Waals surface area contributed by atoms with E-state index in [-0.39, 0.29) is 5.91 Å². The highest BCUT2D eigenvalue weighted by molar-refractivity contribution is 7.99. The number of carbonyl (C=O) groups is 1. The number of hydrogen-bond acceptors (Lipinski definition) is 3. The van der Waals surface area contributed by atoms with E-state index in [1.165, 1.54) is 6.42 Å². The molecule has 2 unspecified atom stereocenters. The molecule has 3 nitrogen and oxygen atoms in total. The normalized spacial score (nSPS) is 35.0. The van der Waals surface area contributed by atoms with E-state index in [1.807, 2.05) is 11.8 Å². The lowest BCUT2D eigenvalue weighted by atomic mass is 10.1.